The maximum Gasteiger partial charge on any atom is 0.249 e. The topological polar surface area (TPSA) is 75.9 Å². The minimum Gasteiger partial charge on any atom is -0.338 e. The molecule has 1 aliphatic heterocycles. The lowest BCUT2D eigenvalue weighted by Gasteiger charge is -2.34. The van der Waals surface area contributed by atoms with E-state index in [1.165, 1.54) is 4.80 Å². The van der Waals surface area contributed by atoms with E-state index in [0.717, 1.165) is 12.1 Å². The highest BCUT2D eigenvalue weighted by Gasteiger charge is 2.32. The van der Waals surface area contributed by atoms with Crippen LogP contribution in [0.3, 0.4) is 0 Å². The number of tetrazole rings is 1. The molecule has 2 heterocycles. The van der Waals surface area contributed by atoms with Crippen molar-refractivity contribution >= 4 is 18.3 Å². The fraction of sp³-hybridized carbons (Fsp3) is 0.529. The van der Waals surface area contributed by atoms with Crippen LogP contribution in [0.4, 0.5) is 0 Å². The third-order valence-corrected chi connectivity index (χ3v) is 4.27. The van der Waals surface area contributed by atoms with Crippen LogP contribution in [-0.2, 0) is 4.79 Å². The maximum atomic E-state index is 13.0. The summed E-state index contributed by atoms with van der Waals surface area (Å²) < 4.78 is 0. The Morgan fingerprint density at radius 2 is 2.00 bits per heavy atom. The molecule has 0 spiro atoms. The second kappa shape index (κ2) is 8.40. The van der Waals surface area contributed by atoms with Crippen molar-refractivity contribution in [3.05, 3.63) is 30.3 Å². The first-order valence-electron chi connectivity index (χ1n) is 8.43. The molecule has 1 N–H and O–H groups in total. The molecule has 0 aliphatic carbocycles. The minimum atomic E-state index is -0.430. The summed E-state index contributed by atoms with van der Waals surface area (Å²) in [5.41, 5.74) is 0.898. The number of halogens is 1. The van der Waals surface area contributed by atoms with E-state index < -0.39 is 6.04 Å². The zero-order valence-corrected chi connectivity index (χ0v) is 15.6. The number of hydrogen-bond donors (Lipinski definition) is 1. The first kappa shape index (κ1) is 19.3. The van der Waals surface area contributed by atoms with Crippen molar-refractivity contribution in [1.29, 1.82) is 0 Å². The van der Waals surface area contributed by atoms with Gasteiger partial charge in [-0.2, -0.15) is 4.80 Å². The van der Waals surface area contributed by atoms with Crippen LogP contribution in [0.2, 0.25) is 0 Å². The Morgan fingerprint density at radius 1 is 1.28 bits per heavy atom. The molecule has 1 fully saturated rings. The van der Waals surface area contributed by atoms with Gasteiger partial charge in [0.2, 0.25) is 11.7 Å². The van der Waals surface area contributed by atoms with Gasteiger partial charge in [0.05, 0.1) is 0 Å². The van der Waals surface area contributed by atoms with E-state index in [2.05, 4.69) is 27.7 Å². The van der Waals surface area contributed by atoms with Gasteiger partial charge in [0.15, 0.2) is 6.04 Å². The van der Waals surface area contributed by atoms with E-state index in [1.807, 2.05) is 49.1 Å². The molecule has 2 unspecified atom stereocenters. The average Bonchev–Trinajstić information content (AvgIpc) is 3.05. The summed E-state index contributed by atoms with van der Waals surface area (Å²) in [5, 5.41) is 16.1. The number of hydrogen-bond acceptors (Lipinski definition) is 5. The number of nitrogens with one attached hydrogen (secondary N) is 1. The summed E-state index contributed by atoms with van der Waals surface area (Å²) in [6.45, 7) is 8.36. The Kier molecular flexibility index (Phi) is 6.50. The van der Waals surface area contributed by atoms with Crippen LogP contribution in [0.5, 0.6) is 0 Å². The van der Waals surface area contributed by atoms with Crippen molar-refractivity contribution in [2.75, 3.05) is 19.6 Å². The van der Waals surface area contributed by atoms with Crippen LogP contribution in [0.15, 0.2) is 30.3 Å². The zero-order valence-electron chi connectivity index (χ0n) is 14.8. The number of rotatable bonds is 4. The third kappa shape index (κ3) is 4.35. The summed E-state index contributed by atoms with van der Waals surface area (Å²) in [5.74, 6) is 0.693. The zero-order chi connectivity index (χ0) is 17.1. The van der Waals surface area contributed by atoms with Crippen molar-refractivity contribution in [1.82, 2.24) is 30.4 Å². The van der Waals surface area contributed by atoms with Crippen LogP contribution in [-0.4, -0.2) is 56.7 Å². The van der Waals surface area contributed by atoms with E-state index >= 15 is 0 Å². The minimum absolute atomic E-state index is 0. The summed E-state index contributed by atoms with van der Waals surface area (Å²) in [7, 11) is 0. The monoisotopic (exact) mass is 364 g/mol. The molecule has 7 nitrogen and oxygen atoms in total. The molecule has 136 valence electrons. The number of carbonyl (C=O) groups excluding carboxylic acids is 1. The lowest BCUT2D eigenvalue weighted by molar-refractivity contribution is -0.138. The highest BCUT2D eigenvalue weighted by atomic mass is 35.5. The van der Waals surface area contributed by atoms with Crippen molar-refractivity contribution in [2.24, 2.45) is 5.92 Å². The van der Waals surface area contributed by atoms with Crippen molar-refractivity contribution in [3.63, 3.8) is 0 Å². The van der Waals surface area contributed by atoms with Crippen molar-refractivity contribution in [3.8, 4) is 11.4 Å². The van der Waals surface area contributed by atoms with E-state index in [9.17, 15) is 4.79 Å². The van der Waals surface area contributed by atoms with Gasteiger partial charge in [-0.05, 0) is 18.1 Å². The van der Waals surface area contributed by atoms with Gasteiger partial charge in [-0.25, -0.2) is 0 Å². The smallest absolute Gasteiger partial charge is 0.249 e. The Balaban J connectivity index is 0.00000225. The summed E-state index contributed by atoms with van der Waals surface area (Å²) in [6.07, 6.45) is 0. The molecule has 1 aliphatic rings. The van der Waals surface area contributed by atoms with E-state index in [1.54, 1.807) is 0 Å². The van der Waals surface area contributed by atoms with E-state index in [0.29, 0.717) is 25.0 Å². The first-order valence-corrected chi connectivity index (χ1v) is 8.43. The van der Waals surface area contributed by atoms with Crippen LogP contribution in [0.25, 0.3) is 11.4 Å². The largest absolute Gasteiger partial charge is 0.338 e. The molecule has 2 aromatic rings. The molecule has 3 rings (SSSR count). The van der Waals surface area contributed by atoms with Gasteiger partial charge >= 0.3 is 0 Å². The number of piperazine rings is 1. The van der Waals surface area contributed by atoms with Crippen LogP contribution < -0.4 is 5.32 Å². The van der Waals surface area contributed by atoms with Crippen LogP contribution in [0.1, 0.15) is 26.8 Å². The van der Waals surface area contributed by atoms with E-state index in [4.69, 9.17) is 0 Å². The van der Waals surface area contributed by atoms with Gasteiger partial charge in [-0.3, -0.25) is 4.79 Å². The number of nitrogens with zero attached hydrogens (tertiary/aromatic N) is 5. The molecule has 0 bridgehead atoms. The Labute approximate surface area is 154 Å². The number of carbonyl (C=O) groups is 1. The lowest BCUT2D eigenvalue weighted by Crippen LogP contribution is -2.53. The second-order valence-electron chi connectivity index (χ2n) is 6.63. The van der Waals surface area contributed by atoms with Gasteiger partial charge in [-0.15, -0.1) is 22.6 Å². The number of amides is 1. The van der Waals surface area contributed by atoms with Gasteiger partial charge < -0.3 is 10.2 Å². The molecule has 1 amide bonds. The predicted molar refractivity (Wildman–Crippen MR) is 98.4 cm³/mol. The van der Waals surface area contributed by atoms with Gasteiger partial charge in [0.1, 0.15) is 0 Å². The number of benzene rings is 1. The normalized spacial score (nSPS) is 18.7. The molecule has 2 atom stereocenters. The van der Waals surface area contributed by atoms with E-state index in [-0.39, 0.29) is 24.2 Å². The summed E-state index contributed by atoms with van der Waals surface area (Å²) >= 11 is 0. The maximum absolute atomic E-state index is 13.0. The second-order valence-corrected chi connectivity index (χ2v) is 6.63. The van der Waals surface area contributed by atoms with Crippen LogP contribution in [0, 0.1) is 5.92 Å². The molecule has 25 heavy (non-hydrogen) atoms. The lowest BCUT2D eigenvalue weighted by atomic mass is 10.0. The van der Waals surface area contributed by atoms with Gasteiger partial charge in [0.25, 0.3) is 0 Å². The fourth-order valence-electron chi connectivity index (χ4n) is 3.02. The molecule has 1 saturated heterocycles. The number of aromatic nitrogens is 4. The fourth-order valence-corrected chi connectivity index (χ4v) is 3.02. The molecular formula is C17H25ClN6O. The highest BCUT2D eigenvalue weighted by Crippen LogP contribution is 2.21. The van der Waals surface area contributed by atoms with Gasteiger partial charge in [-0.1, -0.05) is 44.2 Å². The first-order chi connectivity index (χ1) is 11.6. The molecule has 1 aromatic heterocycles. The van der Waals surface area contributed by atoms with Crippen molar-refractivity contribution in [2.45, 2.75) is 32.9 Å². The van der Waals surface area contributed by atoms with Crippen molar-refractivity contribution < 1.29 is 4.79 Å². The van der Waals surface area contributed by atoms with Crippen LogP contribution >= 0.6 is 12.4 Å². The standard InChI is InChI=1S/C17H24N6O.ClH/c1-12(2)15(17(24)22-10-9-18-13(3)11-22)23-20-16(19-21-23)14-7-5-4-6-8-14;/h4-8,12-13,15,18H,9-11H2,1-3H3;1H. The highest BCUT2D eigenvalue weighted by molar-refractivity contribution is 5.85. The third-order valence-electron chi connectivity index (χ3n) is 4.27. The molecule has 0 radical (unpaired) electrons. The Hall–Kier alpha value is -1.99. The molecule has 8 heteroatoms. The Bertz CT molecular complexity index is 689. The van der Waals surface area contributed by atoms with Gasteiger partial charge in [0, 0.05) is 31.2 Å². The molecular weight excluding hydrogens is 340 g/mol. The SMILES string of the molecule is CC1CN(C(=O)C(C(C)C)n2nnc(-c3ccccc3)n2)CCN1.Cl. The predicted octanol–water partition coefficient (Wildman–Crippen LogP) is 1.78. The molecule has 1 aromatic carbocycles. The summed E-state index contributed by atoms with van der Waals surface area (Å²) in [6, 6.07) is 9.56. The quantitative estimate of drug-likeness (QED) is 0.894. The average molecular weight is 365 g/mol. The summed E-state index contributed by atoms with van der Waals surface area (Å²) in [4.78, 5) is 16.4. The Morgan fingerprint density at radius 3 is 2.64 bits per heavy atom. The molecule has 0 saturated carbocycles.